The molecule has 0 saturated heterocycles. The first-order chi connectivity index (χ1) is 10.4. The van der Waals surface area contributed by atoms with E-state index in [1.807, 2.05) is 0 Å². The number of rotatable bonds is 4. The number of hydrogen-bond acceptors (Lipinski definition) is 4. The van der Waals surface area contributed by atoms with Crippen LogP contribution in [0.2, 0.25) is 18.1 Å². The molecule has 0 fully saturated rings. The molecule has 0 radical (unpaired) electrons. The summed E-state index contributed by atoms with van der Waals surface area (Å²) in [6.07, 6.45) is 0.538. The van der Waals surface area contributed by atoms with Gasteiger partial charge in [-0.15, -0.1) is 0 Å². The van der Waals surface area contributed by atoms with Crippen LogP contribution in [0, 0.1) is 0 Å². The summed E-state index contributed by atoms with van der Waals surface area (Å²) < 4.78 is 31.6. The third-order valence-corrected chi connectivity index (χ3v) is 11.2. The molecule has 128 valence electrons. The molecular weight excluding hydrogens is 328 g/mol. The normalized spacial score (nSPS) is 23.0. The van der Waals surface area contributed by atoms with Crippen molar-refractivity contribution in [1.29, 1.82) is 0 Å². The molecule has 6 heteroatoms. The van der Waals surface area contributed by atoms with Gasteiger partial charge in [-0.25, -0.2) is 8.42 Å². The summed E-state index contributed by atoms with van der Waals surface area (Å²) >= 11 is 0. The van der Waals surface area contributed by atoms with Crippen LogP contribution in [0.25, 0.3) is 0 Å². The van der Waals surface area contributed by atoms with E-state index in [1.54, 1.807) is 36.4 Å². The van der Waals surface area contributed by atoms with E-state index in [-0.39, 0.29) is 20.9 Å². The van der Waals surface area contributed by atoms with Crippen molar-refractivity contribution in [1.82, 2.24) is 0 Å². The Morgan fingerprint density at radius 3 is 2.26 bits per heavy atom. The van der Waals surface area contributed by atoms with Crippen LogP contribution in [0.1, 0.15) is 27.2 Å². The van der Waals surface area contributed by atoms with Crippen molar-refractivity contribution >= 4 is 18.2 Å². The zero-order chi connectivity index (χ0) is 17.5. The molecule has 0 amide bonds. The molecule has 0 unspecified atom stereocenters. The Morgan fingerprint density at radius 2 is 1.74 bits per heavy atom. The lowest BCUT2D eigenvalue weighted by Gasteiger charge is -2.38. The standard InChI is InChI=1S/C17H26O4SSi/c1-17(2,3)23(4,5)21-13-11-15(18)16(12-13)22(19,20)14-9-7-6-8-10-14/h6-10,12-13,15,18H,11H2,1-5H3/t13-,15+/m1/s1. The molecule has 0 heterocycles. The van der Waals surface area contributed by atoms with Crippen LogP contribution in [0.5, 0.6) is 0 Å². The fourth-order valence-corrected chi connectivity index (χ4v) is 5.19. The average Bonchev–Trinajstić information content (AvgIpc) is 2.79. The monoisotopic (exact) mass is 354 g/mol. The van der Waals surface area contributed by atoms with Crippen molar-refractivity contribution in [3.63, 3.8) is 0 Å². The van der Waals surface area contributed by atoms with Crippen LogP contribution in [0.15, 0.2) is 46.2 Å². The second-order valence-corrected chi connectivity index (χ2v) is 14.3. The van der Waals surface area contributed by atoms with E-state index in [1.165, 1.54) is 0 Å². The Bertz CT molecular complexity index is 687. The van der Waals surface area contributed by atoms with E-state index >= 15 is 0 Å². The molecule has 2 atom stereocenters. The molecule has 0 spiro atoms. The number of benzene rings is 1. The Labute approximate surface area is 140 Å². The van der Waals surface area contributed by atoms with E-state index in [0.29, 0.717) is 6.42 Å². The highest BCUT2D eigenvalue weighted by molar-refractivity contribution is 7.95. The Morgan fingerprint density at radius 1 is 1.17 bits per heavy atom. The van der Waals surface area contributed by atoms with E-state index in [9.17, 15) is 13.5 Å². The zero-order valence-corrected chi connectivity index (χ0v) is 16.2. The molecule has 23 heavy (non-hydrogen) atoms. The van der Waals surface area contributed by atoms with Gasteiger partial charge in [-0.05, 0) is 36.3 Å². The fraction of sp³-hybridized carbons (Fsp3) is 0.529. The topological polar surface area (TPSA) is 63.6 Å². The van der Waals surface area contributed by atoms with Crippen LogP contribution < -0.4 is 0 Å². The summed E-state index contributed by atoms with van der Waals surface area (Å²) in [7, 11) is -5.68. The second-order valence-electron chi connectivity index (χ2n) is 7.55. The molecular formula is C17H26O4SSi. The number of sulfone groups is 1. The molecule has 0 saturated carbocycles. The van der Waals surface area contributed by atoms with Crippen LogP contribution in [-0.2, 0) is 14.3 Å². The first-order valence-corrected chi connectivity index (χ1v) is 12.2. The molecule has 1 aliphatic rings. The maximum atomic E-state index is 12.7. The van der Waals surface area contributed by atoms with E-state index in [0.717, 1.165) is 0 Å². The summed E-state index contributed by atoms with van der Waals surface area (Å²) in [5.74, 6) is 0. The number of hydrogen-bond donors (Lipinski definition) is 1. The molecule has 1 aliphatic carbocycles. The minimum absolute atomic E-state index is 0.0346. The lowest BCUT2D eigenvalue weighted by molar-refractivity contribution is 0.153. The maximum Gasteiger partial charge on any atom is 0.205 e. The van der Waals surface area contributed by atoms with Crippen LogP contribution in [0.3, 0.4) is 0 Å². The van der Waals surface area contributed by atoms with Crippen LogP contribution in [-0.4, -0.2) is 34.0 Å². The summed E-state index contributed by atoms with van der Waals surface area (Å²) in [6, 6.07) is 8.22. The molecule has 1 N–H and O–H groups in total. The molecule has 1 aromatic carbocycles. The molecule has 4 nitrogen and oxygen atoms in total. The lowest BCUT2D eigenvalue weighted by Crippen LogP contribution is -2.43. The molecule has 0 bridgehead atoms. The van der Waals surface area contributed by atoms with Crippen LogP contribution in [0.4, 0.5) is 0 Å². The predicted molar refractivity (Wildman–Crippen MR) is 94.4 cm³/mol. The summed E-state index contributed by atoms with van der Waals surface area (Å²) in [4.78, 5) is 0.269. The third-order valence-electron chi connectivity index (χ3n) is 4.75. The number of aliphatic hydroxyl groups excluding tert-OH is 1. The Kier molecular flexibility index (Phi) is 4.93. The molecule has 1 aromatic rings. The van der Waals surface area contributed by atoms with Gasteiger partial charge < -0.3 is 9.53 Å². The average molecular weight is 355 g/mol. The summed E-state index contributed by atoms with van der Waals surface area (Å²) in [5.41, 5.74) is 0. The second kappa shape index (κ2) is 6.16. The molecule has 0 aliphatic heterocycles. The highest BCUT2D eigenvalue weighted by Gasteiger charge is 2.42. The van der Waals surface area contributed by atoms with Crippen molar-refractivity contribution < 1.29 is 18.0 Å². The van der Waals surface area contributed by atoms with Gasteiger partial charge in [-0.3, -0.25) is 0 Å². The number of aliphatic hydroxyl groups is 1. The highest BCUT2D eigenvalue weighted by atomic mass is 32.2. The Hall–Kier alpha value is -0.953. The van der Waals surface area contributed by atoms with Gasteiger partial charge in [-0.1, -0.05) is 39.0 Å². The van der Waals surface area contributed by atoms with Crippen molar-refractivity contribution in [3.8, 4) is 0 Å². The predicted octanol–water partition coefficient (Wildman–Crippen LogP) is 3.50. The first-order valence-electron chi connectivity index (χ1n) is 7.83. The van der Waals surface area contributed by atoms with E-state index in [4.69, 9.17) is 4.43 Å². The minimum Gasteiger partial charge on any atom is -0.410 e. The van der Waals surface area contributed by atoms with Crippen molar-refractivity contribution in [2.24, 2.45) is 0 Å². The molecule has 0 aromatic heterocycles. The van der Waals surface area contributed by atoms with Gasteiger partial charge >= 0.3 is 0 Å². The van der Waals surface area contributed by atoms with Gasteiger partial charge in [0, 0.05) is 6.42 Å². The SMILES string of the molecule is CC(C)(C)[Si](C)(C)O[C@H]1C=C(S(=O)(=O)c2ccccc2)[C@@H](O)C1. The smallest absolute Gasteiger partial charge is 0.205 e. The van der Waals surface area contributed by atoms with Crippen molar-refractivity contribution in [2.45, 2.75) is 62.4 Å². The minimum atomic E-state index is -3.67. The lowest BCUT2D eigenvalue weighted by atomic mass is 10.2. The zero-order valence-electron chi connectivity index (χ0n) is 14.4. The van der Waals surface area contributed by atoms with E-state index in [2.05, 4.69) is 33.9 Å². The van der Waals surface area contributed by atoms with Crippen molar-refractivity contribution in [2.75, 3.05) is 0 Å². The van der Waals surface area contributed by atoms with Gasteiger partial charge in [0.05, 0.1) is 22.0 Å². The summed E-state index contributed by atoms with van der Waals surface area (Å²) in [5, 5.41) is 10.3. The van der Waals surface area contributed by atoms with Gasteiger partial charge in [0.2, 0.25) is 9.84 Å². The van der Waals surface area contributed by atoms with Crippen molar-refractivity contribution in [3.05, 3.63) is 41.3 Å². The Balaban J connectivity index is 2.28. The van der Waals surface area contributed by atoms with Crippen LogP contribution >= 0.6 is 0 Å². The van der Waals surface area contributed by atoms with Gasteiger partial charge in [0.15, 0.2) is 8.32 Å². The van der Waals surface area contributed by atoms with E-state index < -0.39 is 24.3 Å². The molecule has 2 rings (SSSR count). The maximum absolute atomic E-state index is 12.7. The van der Waals surface area contributed by atoms with Gasteiger partial charge in [0.1, 0.15) is 0 Å². The third kappa shape index (κ3) is 3.76. The quantitative estimate of drug-likeness (QED) is 0.841. The highest BCUT2D eigenvalue weighted by Crippen LogP contribution is 2.40. The van der Waals surface area contributed by atoms with Gasteiger partial charge in [-0.2, -0.15) is 0 Å². The largest absolute Gasteiger partial charge is 0.410 e. The first kappa shape index (κ1) is 18.4. The summed E-state index contributed by atoms with van der Waals surface area (Å²) in [6.45, 7) is 10.6. The fourth-order valence-electron chi connectivity index (χ4n) is 2.34. The van der Waals surface area contributed by atoms with Gasteiger partial charge in [0.25, 0.3) is 0 Å².